The first kappa shape index (κ1) is 23.3. The van der Waals surface area contributed by atoms with Crippen LogP contribution in [0.2, 0.25) is 0 Å². The highest BCUT2D eigenvalue weighted by Gasteiger charge is 2.13. The van der Waals surface area contributed by atoms with Crippen LogP contribution in [0.4, 0.5) is 0 Å². The molecule has 2 aromatic rings. The van der Waals surface area contributed by atoms with Gasteiger partial charge in [-0.15, -0.1) is 0 Å². The molecule has 0 aliphatic carbocycles. The van der Waals surface area contributed by atoms with Gasteiger partial charge in [0.25, 0.3) is 0 Å². The molecule has 2 rings (SSSR count). The van der Waals surface area contributed by atoms with Gasteiger partial charge in [-0.05, 0) is 35.2 Å². The first-order chi connectivity index (χ1) is 14.7. The van der Waals surface area contributed by atoms with Crippen LogP contribution < -0.4 is 24.8 Å². The summed E-state index contributed by atoms with van der Waals surface area (Å²) >= 11 is 0. The Morgan fingerprint density at radius 1 is 0.900 bits per heavy atom. The first-order valence-electron chi connectivity index (χ1n) is 10.0. The van der Waals surface area contributed by atoms with Crippen molar-refractivity contribution in [3.05, 3.63) is 53.1 Å². The van der Waals surface area contributed by atoms with E-state index >= 15 is 0 Å². The molecule has 2 N–H and O–H groups in total. The number of hydrogen-bond donors (Lipinski definition) is 2. The summed E-state index contributed by atoms with van der Waals surface area (Å²) in [5, 5.41) is 6.69. The quantitative estimate of drug-likeness (QED) is 0.332. The van der Waals surface area contributed by atoms with E-state index in [1.807, 2.05) is 24.3 Å². The number of nitrogens with zero attached hydrogens (tertiary/aromatic N) is 1. The zero-order valence-corrected chi connectivity index (χ0v) is 18.6. The van der Waals surface area contributed by atoms with Gasteiger partial charge in [0, 0.05) is 26.7 Å². The summed E-state index contributed by atoms with van der Waals surface area (Å²) in [6.45, 7) is 4.69. The number of methoxy groups -OCH3 is 3. The van der Waals surface area contributed by atoms with Gasteiger partial charge in [0.1, 0.15) is 0 Å². The molecule has 7 heteroatoms. The van der Waals surface area contributed by atoms with Crippen molar-refractivity contribution in [1.82, 2.24) is 10.6 Å². The number of ether oxygens (including phenoxy) is 4. The summed E-state index contributed by atoms with van der Waals surface area (Å²) < 4.78 is 21.9. The molecule has 0 aliphatic rings. The van der Waals surface area contributed by atoms with Crippen LogP contribution in [0.3, 0.4) is 0 Å². The molecule has 0 spiro atoms. The second-order valence-corrected chi connectivity index (χ2v) is 6.63. The molecule has 164 valence electrons. The molecule has 0 atom stereocenters. The monoisotopic (exact) mass is 415 g/mol. The first-order valence-corrected chi connectivity index (χ1v) is 10.0. The SMILES string of the molecule is CCCOCc1ccccc1CNC(=NC)NCc1cc(OC)c(OC)c(OC)c1. The maximum Gasteiger partial charge on any atom is 0.203 e. The highest BCUT2D eigenvalue weighted by molar-refractivity contribution is 5.79. The van der Waals surface area contributed by atoms with E-state index in [1.54, 1.807) is 28.4 Å². The molecule has 0 aromatic heterocycles. The van der Waals surface area contributed by atoms with Gasteiger partial charge >= 0.3 is 0 Å². The van der Waals surface area contributed by atoms with Gasteiger partial charge in [-0.2, -0.15) is 0 Å². The third-order valence-corrected chi connectivity index (χ3v) is 4.58. The van der Waals surface area contributed by atoms with Gasteiger partial charge in [0.05, 0.1) is 27.9 Å². The Labute approximate surface area is 179 Å². The summed E-state index contributed by atoms with van der Waals surface area (Å²) in [6.07, 6.45) is 1.01. The molecule has 0 aliphatic heterocycles. The minimum absolute atomic E-state index is 0.553. The van der Waals surface area contributed by atoms with Crippen LogP contribution in [-0.2, 0) is 24.4 Å². The van der Waals surface area contributed by atoms with E-state index in [1.165, 1.54) is 11.1 Å². The van der Waals surface area contributed by atoms with Crippen molar-refractivity contribution in [3.63, 3.8) is 0 Å². The fourth-order valence-electron chi connectivity index (χ4n) is 3.02. The van der Waals surface area contributed by atoms with E-state index in [0.717, 1.165) is 18.6 Å². The van der Waals surface area contributed by atoms with E-state index in [9.17, 15) is 0 Å². The number of benzene rings is 2. The van der Waals surface area contributed by atoms with Gasteiger partial charge in [-0.3, -0.25) is 4.99 Å². The van der Waals surface area contributed by atoms with Crippen LogP contribution in [0.1, 0.15) is 30.0 Å². The van der Waals surface area contributed by atoms with E-state index in [2.05, 4.69) is 34.7 Å². The summed E-state index contributed by atoms with van der Waals surface area (Å²) in [6, 6.07) is 12.1. The molecule has 0 heterocycles. The minimum atomic E-state index is 0.553. The van der Waals surface area contributed by atoms with Crippen LogP contribution in [0.5, 0.6) is 17.2 Å². The molecular formula is C23H33N3O4. The molecule has 30 heavy (non-hydrogen) atoms. The standard InChI is InChI=1S/C23H33N3O4/c1-6-11-30-16-19-10-8-7-9-18(19)15-26-23(24-2)25-14-17-12-20(27-3)22(29-5)21(13-17)28-4/h7-10,12-13H,6,11,14-16H2,1-5H3,(H2,24,25,26). The molecule has 0 fully saturated rings. The predicted octanol–water partition coefficient (Wildman–Crippen LogP) is 3.50. The molecule has 2 aromatic carbocycles. The Kier molecular flexibility index (Phi) is 9.80. The second kappa shape index (κ2) is 12.6. The number of hydrogen-bond acceptors (Lipinski definition) is 5. The summed E-state index contributed by atoms with van der Waals surface area (Å²) in [4.78, 5) is 4.32. The third-order valence-electron chi connectivity index (χ3n) is 4.58. The van der Waals surface area contributed by atoms with Crippen molar-refractivity contribution in [2.24, 2.45) is 4.99 Å². The molecule has 0 unspecified atom stereocenters. The molecule has 0 saturated carbocycles. The lowest BCUT2D eigenvalue weighted by Gasteiger charge is -2.16. The van der Waals surface area contributed by atoms with Crippen molar-refractivity contribution < 1.29 is 18.9 Å². The van der Waals surface area contributed by atoms with Crippen LogP contribution in [0, 0.1) is 0 Å². The molecule has 0 radical (unpaired) electrons. The van der Waals surface area contributed by atoms with E-state index < -0.39 is 0 Å². The largest absolute Gasteiger partial charge is 0.493 e. The van der Waals surface area contributed by atoms with Crippen molar-refractivity contribution in [2.75, 3.05) is 35.0 Å². The van der Waals surface area contributed by atoms with Crippen molar-refractivity contribution in [1.29, 1.82) is 0 Å². The molecule has 0 amide bonds. The average molecular weight is 416 g/mol. The Hall–Kier alpha value is -2.93. The van der Waals surface area contributed by atoms with Crippen LogP contribution in [0.15, 0.2) is 41.4 Å². The highest BCUT2D eigenvalue weighted by atomic mass is 16.5. The topological polar surface area (TPSA) is 73.3 Å². The van der Waals surface area contributed by atoms with Crippen molar-refractivity contribution in [2.45, 2.75) is 33.0 Å². The van der Waals surface area contributed by atoms with Gasteiger partial charge < -0.3 is 29.6 Å². The zero-order valence-electron chi connectivity index (χ0n) is 18.6. The van der Waals surface area contributed by atoms with Gasteiger partial charge in [0.15, 0.2) is 17.5 Å². The van der Waals surface area contributed by atoms with E-state index in [4.69, 9.17) is 18.9 Å². The van der Waals surface area contributed by atoms with E-state index in [-0.39, 0.29) is 0 Å². The lowest BCUT2D eigenvalue weighted by Crippen LogP contribution is -2.36. The van der Waals surface area contributed by atoms with E-state index in [0.29, 0.717) is 42.9 Å². The van der Waals surface area contributed by atoms with Crippen LogP contribution in [-0.4, -0.2) is 40.9 Å². The Morgan fingerprint density at radius 3 is 2.10 bits per heavy atom. The Morgan fingerprint density at radius 2 is 1.53 bits per heavy atom. The van der Waals surface area contributed by atoms with Crippen molar-refractivity contribution >= 4 is 5.96 Å². The third kappa shape index (κ3) is 6.56. The van der Waals surface area contributed by atoms with Crippen molar-refractivity contribution in [3.8, 4) is 17.2 Å². The number of guanidine groups is 1. The average Bonchev–Trinajstić information content (AvgIpc) is 2.79. The molecular weight excluding hydrogens is 382 g/mol. The second-order valence-electron chi connectivity index (χ2n) is 6.63. The minimum Gasteiger partial charge on any atom is -0.493 e. The predicted molar refractivity (Wildman–Crippen MR) is 120 cm³/mol. The van der Waals surface area contributed by atoms with Crippen LogP contribution in [0.25, 0.3) is 0 Å². The maximum absolute atomic E-state index is 5.70. The summed E-state index contributed by atoms with van der Waals surface area (Å²) in [7, 11) is 6.56. The molecule has 0 bridgehead atoms. The molecule has 0 saturated heterocycles. The number of nitrogens with one attached hydrogen (secondary N) is 2. The van der Waals surface area contributed by atoms with Gasteiger partial charge in [0.2, 0.25) is 5.75 Å². The lowest BCUT2D eigenvalue weighted by atomic mass is 10.1. The van der Waals surface area contributed by atoms with Gasteiger partial charge in [-0.1, -0.05) is 31.2 Å². The highest BCUT2D eigenvalue weighted by Crippen LogP contribution is 2.38. The smallest absolute Gasteiger partial charge is 0.203 e. The fourth-order valence-corrected chi connectivity index (χ4v) is 3.02. The number of rotatable bonds is 11. The summed E-state index contributed by atoms with van der Waals surface area (Å²) in [5.74, 6) is 2.52. The normalized spacial score (nSPS) is 11.2. The molecule has 7 nitrogen and oxygen atoms in total. The van der Waals surface area contributed by atoms with Gasteiger partial charge in [-0.25, -0.2) is 0 Å². The Balaban J connectivity index is 1.99. The number of aliphatic imine (C=N–C) groups is 1. The Bertz CT molecular complexity index is 799. The zero-order chi connectivity index (χ0) is 21.8. The lowest BCUT2D eigenvalue weighted by molar-refractivity contribution is 0.121. The van der Waals surface area contributed by atoms with Crippen LogP contribution >= 0.6 is 0 Å². The maximum atomic E-state index is 5.70. The summed E-state index contributed by atoms with van der Waals surface area (Å²) in [5.41, 5.74) is 3.35. The fraction of sp³-hybridized carbons (Fsp3) is 0.435.